The van der Waals surface area contributed by atoms with E-state index in [0.717, 1.165) is 18.7 Å². The Balaban J connectivity index is 1.76. The largest absolute Gasteiger partial charge is 0.347 e. The summed E-state index contributed by atoms with van der Waals surface area (Å²) in [4.78, 5) is 25.7. The molecule has 1 atom stereocenters. The highest BCUT2D eigenvalue weighted by atomic mass is 16.2. The standard InChI is InChI=1S/C15H21N3O2/c1-12-10-16-7-8-18(12)15(20)11-17-14(19)9-13-5-3-2-4-6-13/h2-6,12,16H,7-11H2,1H3,(H,17,19)/t12-/m0/s1. The minimum absolute atomic E-state index is 0.0135. The highest BCUT2D eigenvalue weighted by Crippen LogP contribution is 2.02. The summed E-state index contributed by atoms with van der Waals surface area (Å²) < 4.78 is 0. The lowest BCUT2D eigenvalue weighted by Crippen LogP contribution is -2.54. The molecule has 0 bridgehead atoms. The van der Waals surface area contributed by atoms with Crippen LogP contribution in [0.1, 0.15) is 12.5 Å². The van der Waals surface area contributed by atoms with Crippen LogP contribution in [0.4, 0.5) is 0 Å². The van der Waals surface area contributed by atoms with Crippen molar-refractivity contribution in [3.05, 3.63) is 35.9 Å². The summed E-state index contributed by atoms with van der Waals surface area (Å²) in [6.07, 6.45) is 0.311. The maximum atomic E-state index is 12.0. The molecule has 5 heteroatoms. The van der Waals surface area contributed by atoms with Crippen LogP contribution >= 0.6 is 0 Å². The van der Waals surface area contributed by atoms with Crippen LogP contribution in [0, 0.1) is 0 Å². The van der Waals surface area contributed by atoms with Gasteiger partial charge in [0.25, 0.3) is 0 Å². The van der Waals surface area contributed by atoms with E-state index in [-0.39, 0.29) is 24.4 Å². The SMILES string of the molecule is C[C@H]1CNCCN1C(=O)CNC(=O)Cc1ccccc1. The third-order valence-corrected chi connectivity index (χ3v) is 3.47. The Kier molecular flexibility index (Phi) is 5.12. The number of rotatable bonds is 4. The number of carbonyl (C=O) groups is 2. The summed E-state index contributed by atoms with van der Waals surface area (Å²) in [6.45, 7) is 4.41. The van der Waals surface area contributed by atoms with Crippen molar-refractivity contribution in [2.45, 2.75) is 19.4 Å². The van der Waals surface area contributed by atoms with Gasteiger partial charge in [0.2, 0.25) is 11.8 Å². The average molecular weight is 275 g/mol. The van der Waals surface area contributed by atoms with Crippen LogP contribution < -0.4 is 10.6 Å². The summed E-state index contributed by atoms with van der Waals surface area (Å²) in [5.74, 6) is -0.132. The highest BCUT2D eigenvalue weighted by molar-refractivity contribution is 5.85. The molecular weight excluding hydrogens is 254 g/mol. The Bertz CT molecular complexity index is 461. The number of hydrogen-bond donors (Lipinski definition) is 2. The lowest BCUT2D eigenvalue weighted by atomic mass is 10.1. The van der Waals surface area contributed by atoms with Crippen LogP contribution in [0.3, 0.4) is 0 Å². The third kappa shape index (κ3) is 4.06. The maximum Gasteiger partial charge on any atom is 0.242 e. The molecule has 1 aromatic carbocycles. The van der Waals surface area contributed by atoms with Crippen molar-refractivity contribution in [2.75, 3.05) is 26.2 Å². The summed E-state index contributed by atoms with van der Waals surface area (Å²) in [5.41, 5.74) is 0.952. The number of benzene rings is 1. The minimum Gasteiger partial charge on any atom is -0.347 e. The van der Waals surface area contributed by atoms with Gasteiger partial charge in [-0.3, -0.25) is 9.59 Å². The van der Waals surface area contributed by atoms with E-state index in [1.807, 2.05) is 42.2 Å². The molecule has 0 aliphatic carbocycles. The molecule has 5 nitrogen and oxygen atoms in total. The second kappa shape index (κ2) is 7.05. The van der Waals surface area contributed by atoms with E-state index in [9.17, 15) is 9.59 Å². The fourth-order valence-corrected chi connectivity index (χ4v) is 2.33. The van der Waals surface area contributed by atoms with Gasteiger partial charge in [0, 0.05) is 25.7 Å². The van der Waals surface area contributed by atoms with Crippen molar-refractivity contribution in [1.82, 2.24) is 15.5 Å². The highest BCUT2D eigenvalue weighted by Gasteiger charge is 2.22. The first kappa shape index (κ1) is 14.5. The summed E-state index contributed by atoms with van der Waals surface area (Å²) in [5, 5.41) is 5.93. The molecule has 2 rings (SSSR count). The van der Waals surface area contributed by atoms with Crippen molar-refractivity contribution in [3.8, 4) is 0 Å². The fraction of sp³-hybridized carbons (Fsp3) is 0.467. The summed E-state index contributed by atoms with van der Waals surface area (Å²) in [7, 11) is 0. The number of hydrogen-bond acceptors (Lipinski definition) is 3. The lowest BCUT2D eigenvalue weighted by molar-refractivity contribution is -0.135. The van der Waals surface area contributed by atoms with Crippen LogP contribution in [-0.4, -0.2) is 48.9 Å². The fourth-order valence-electron chi connectivity index (χ4n) is 2.33. The third-order valence-electron chi connectivity index (χ3n) is 3.47. The van der Waals surface area contributed by atoms with Gasteiger partial charge in [0.1, 0.15) is 0 Å². The van der Waals surface area contributed by atoms with Gasteiger partial charge < -0.3 is 15.5 Å². The first-order chi connectivity index (χ1) is 9.66. The van der Waals surface area contributed by atoms with E-state index < -0.39 is 0 Å². The Labute approximate surface area is 119 Å². The zero-order chi connectivity index (χ0) is 14.4. The molecular formula is C15H21N3O2. The molecule has 108 valence electrons. The zero-order valence-electron chi connectivity index (χ0n) is 11.8. The molecule has 1 fully saturated rings. The van der Waals surface area contributed by atoms with Crippen LogP contribution in [0.15, 0.2) is 30.3 Å². The van der Waals surface area contributed by atoms with Crippen LogP contribution in [0.2, 0.25) is 0 Å². The van der Waals surface area contributed by atoms with Crippen molar-refractivity contribution in [1.29, 1.82) is 0 Å². The number of piperazine rings is 1. The number of carbonyl (C=O) groups excluding carboxylic acids is 2. The second-order valence-corrected chi connectivity index (χ2v) is 5.08. The molecule has 2 amide bonds. The quantitative estimate of drug-likeness (QED) is 0.823. The van der Waals surface area contributed by atoms with Crippen LogP contribution in [-0.2, 0) is 16.0 Å². The monoisotopic (exact) mass is 275 g/mol. The molecule has 1 heterocycles. The molecule has 1 saturated heterocycles. The Hall–Kier alpha value is -1.88. The molecule has 2 N–H and O–H groups in total. The lowest BCUT2D eigenvalue weighted by Gasteiger charge is -2.34. The van der Waals surface area contributed by atoms with Gasteiger partial charge in [-0.05, 0) is 12.5 Å². The van der Waals surface area contributed by atoms with Gasteiger partial charge in [-0.2, -0.15) is 0 Å². The van der Waals surface area contributed by atoms with Crippen LogP contribution in [0.5, 0.6) is 0 Å². The molecule has 0 radical (unpaired) electrons. The number of nitrogens with zero attached hydrogens (tertiary/aromatic N) is 1. The minimum atomic E-state index is -0.118. The Morgan fingerprint density at radius 1 is 1.35 bits per heavy atom. The van der Waals surface area contributed by atoms with E-state index in [4.69, 9.17) is 0 Å². The summed E-state index contributed by atoms with van der Waals surface area (Å²) in [6, 6.07) is 9.70. The smallest absolute Gasteiger partial charge is 0.242 e. The topological polar surface area (TPSA) is 61.4 Å². The molecule has 0 aromatic heterocycles. The zero-order valence-corrected chi connectivity index (χ0v) is 11.8. The van der Waals surface area contributed by atoms with Crippen LogP contribution in [0.25, 0.3) is 0 Å². The predicted molar refractivity (Wildman–Crippen MR) is 77.2 cm³/mol. The molecule has 0 spiro atoms. The van der Waals surface area contributed by atoms with E-state index >= 15 is 0 Å². The van der Waals surface area contributed by atoms with E-state index in [2.05, 4.69) is 10.6 Å². The van der Waals surface area contributed by atoms with E-state index in [0.29, 0.717) is 13.0 Å². The van der Waals surface area contributed by atoms with Crippen molar-refractivity contribution in [3.63, 3.8) is 0 Å². The Morgan fingerprint density at radius 3 is 2.80 bits per heavy atom. The maximum absolute atomic E-state index is 12.0. The normalized spacial score (nSPS) is 18.6. The molecule has 20 heavy (non-hydrogen) atoms. The van der Waals surface area contributed by atoms with Gasteiger partial charge in [-0.1, -0.05) is 30.3 Å². The van der Waals surface area contributed by atoms with E-state index in [1.54, 1.807) is 0 Å². The number of amides is 2. The average Bonchev–Trinajstić information content (AvgIpc) is 2.46. The molecule has 1 aliphatic rings. The first-order valence-corrected chi connectivity index (χ1v) is 6.97. The van der Waals surface area contributed by atoms with Gasteiger partial charge in [-0.25, -0.2) is 0 Å². The first-order valence-electron chi connectivity index (χ1n) is 6.97. The second-order valence-electron chi connectivity index (χ2n) is 5.08. The van der Waals surface area contributed by atoms with Crippen molar-refractivity contribution in [2.24, 2.45) is 0 Å². The summed E-state index contributed by atoms with van der Waals surface area (Å²) >= 11 is 0. The van der Waals surface area contributed by atoms with Gasteiger partial charge >= 0.3 is 0 Å². The van der Waals surface area contributed by atoms with Crippen molar-refractivity contribution < 1.29 is 9.59 Å². The predicted octanol–water partition coefficient (Wildman–Crippen LogP) is 0.166. The van der Waals surface area contributed by atoms with Gasteiger partial charge in [-0.15, -0.1) is 0 Å². The van der Waals surface area contributed by atoms with E-state index in [1.165, 1.54) is 0 Å². The van der Waals surface area contributed by atoms with Crippen molar-refractivity contribution >= 4 is 11.8 Å². The number of nitrogens with one attached hydrogen (secondary N) is 2. The molecule has 1 aromatic rings. The molecule has 0 unspecified atom stereocenters. The molecule has 1 aliphatic heterocycles. The molecule has 0 saturated carbocycles. The van der Waals surface area contributed by atoms with Gasteiger partial charge in [0.05, 0.1) is 13.0 Å². The van der Waals surface area contributed by atoms with Gasteiger partial charge in [0.15, 0.2) is 0 Å². The Morgan fingerprint density at radius 2 is 2.10 bits per heavy atom.